The summed E-state index contributed by atoms with van der Waals surface area (Å²) in [6.07, 6.45) is 1.63. The van der Waals surface area contributed by atoms with Gasteiger partial charge < -0.3 is 4.42 Å². The van der Waals surface area contributed by atoms with E-state index in [9.17, 15) is 21.6 Å². The number of aryl methyl sites for hydroxylation is 1. The summed E-state index contributed by atoms with van der Waals surface area (Å²) >= 11 is 12.0. The maximum Gasteiger partial charge on any atom is 0.255 e. The van der Waals surface area contributed by atoms with Crippen LogP contribution in [-0.4, -0.2) is 50.7 Å². The second-order valence-corrected chi connectivity index (χ2v) is 16.1. The number of carbonyl (C=O) groups excluding carboxylic acids is 1. The Hall–Kier alpha value is -4.30. The fraction of sp³-hybridized carbons (Fsp3) is 0.167. The van der Waals surface area contributed by atoms with Crippen molar-refractivity contribution < 1.29 is 26.0 Å². The quantitative estimate of drug-likeness (QED) is 0.0940. The highest BCUT2D eigenvalue weighted by Crippen LogP contribution is 2.24. The third kappa shape index (κ3) is 9.90. The van der Waals surface area contributed by atoms with E-state index < -0.39 is 32.5 Å². The van der Waals surface area contributed by atoms with Gasteiger partial charge in [0, 0.05) is 23.1 Å². The molecule has 0 aliphatic carbocycles. The van der Waals surface area contributed by atoms with E-state index >= 15 is 0 Å². The first-order chi connectivity index (χ1) is 23.9. The van der Waals surface area contributed by atoms with Crippen molar-refractivity contribution in [2.45, 2.75) is 36.2 Å². The van der Waals surface area contributed by atoms with Gasteiger partial charge in [0.15, 0.2) is 0 Å². The number of rotatable bonds is 15. The third-order valence-corrected chi connectivity index (χ3v) is 11.8. The Morgan fingerprint density at radius 2 is 1.30 bits per heavy atom. The molecule has 1 heterocycles. The van der Waals surface area contributed by atoms with Crippen molar-refractivity contribution in [3.8, 4) is 0 Å². The minimum absolute atomic E-state index is 0.00359. The van der Waals surface area contributed by atoms with Crippen LogP contribution in [0.3, 0.4) is 0 Å². The first-order valence-electron chi connectivity index (χ1n) is 15.4. The van der Waals surface area contributed by atoms with Crippen molar-refractivity contribution in [1.29, 1.82) is 0 Å². The summed E-state index contributed by atoms with van der Waals surface area (Å²) in [5.74, 6) is -0.0882. The van der Waals surface area contributed by atoms with E-state index in [-0.39, 0.29) is 35.2 Å². The zero-order valence-electron chi connectivity index (χ0n) is 26.9. The van der Waals surface area contributed by atoms with Gasteiger partial charge >= 0.3 is 0 Å². The summed E-state index contributed by atoms with van der Waals surface area (Å²) < 4.78 is 62.6. The van der Waals surface area contributed by atoms with E-state index in [1.54, 1.807) is 60.7 Å². The Bertz CT molecular complexity index is 2140. The first kappa shape index (κ1) is 37.0. The van der Waals surface area contributed by atoms with Crippen LogP contribution in [0, 0.1) is 6.92 Å². The van der Waals surface area contributed by atoms with Gasteiger partial charge in [-0.1, -0.05) is 83.4 Å². The highest BCUT2D eigenvalue weighted by atomic mass is 35.5. The molecular weight excluding hydrogens is 719 g/mol. The SMILES string of the molecule is Cc1ccc(S(=O)(=O)N(Cc2ccc(Cl)cc2)Cc2ccc(/C=N\NC(=O)CN(CCc3ccccc3)S(=O)(=O)c3ccc(Cl)cc3)o2)cc1. The summed E-state index contributed by atoms with van der Waals surface area (Å²) in [7, 11) is -7.97. The highest BCUT2D eigenvalue weighted by Gasteiger charge is 2.28. The van der Waals surface area contributed by atoms with Gasteiger partial charge in [0.25, 0.3) is 5.91 Å². The maximum absolute atomic E-state index is 13.7. The molecule has 0 aliphatic heterocycles. The van der Waals surface area contributed by atoms with Gasteiger partial charge in [0.1, 0.15) is 11.5 Å². The number of carbonyl (C=O) groups is 1. The molecule has 0 unspecified atom stereocenters. The van der Waals surface area contributed by atoms with Gasteiger partial charge in [-0.2, -0.15) is 13.7 Å². The number of nitrogens with one attached hydrogen (secondary N) is 1. The predicted octanol–water partition coefficient (Wildman–Crippen LogP) is 6.67. The van der Waals surface area contributed by atoms with E-state index in [1.807, 2.05) is 37.3 Å². The molecule has 0 radical (unpaired) electrons. The number of sulfonamides is 2. The van der Waals surface area contributed by atoms with Gasteiger partial charge in [0.05, 0.1) is 29.1 Å². The van der Waals surface area contributed by atoms with E-state index in [2.05, 4.69) is 10.5 Å². The Morgan fingerprint density at radius 1 is 0.720 bits per heavy atom. The van der Waals surface area contributed by atoms with Crippen LogP contribution < -0.4 is 5.43 Å². The van der Waals surface area contributed by atoms with Crippen LogP contribution in [-0.2, 0) is 44.4 Å². The van der Waals surface area contributed by atoms with E-state index in [4.69, 9.17) is 27.6 Å². The summed E-state index contributed by atoms with van der Waals surface area (Å²) in [5, 5.41) is 4.87. The number of nitrogens with zero attached hydrogens (tertiary/aromatic N) is 3. The number of hydrazone groups is 1. The molecule has 0 atom stereocenters. The molecule has 0 fully saturated rings. The molecule has 5 aromatic rings. The molecule has 0 saturated carbocycles. The molecule has 10 nitrogen and oxygen atoms in total. The second kappa shape index (κ2) is 16.6. The fourth-order valence-corrected chi connectivity index (χ4v) is 7.95. The van der Waals surface area contributed by atoms with Crippen LogP contribution in [0.4, 0.5) is 0 Å². The summed E-state index contributed by atoms with van der Waals surface area (Å²) in [5.41, 5.74) is 4.93. The Kier molecular flexibility index (Phi) is 12.3. The lowest BCUT2D eigenvalue weighted by atomic mass is 10.1. The van der Waals surface area contributed by atoms with Crippen LogP contribution in [0.2, 0.25) is 10.0 Å². The van der Waals surface area contributed by atoms with Crippen LogP contribution >= 0.6 is 23.2 Å². The molecule has 50 heavy (non-hydrogen) atoms. The topological polar surface area (TPSA) is 129 Å². The second-order valence-electron chi connectivity index (χ2n) is 11.3. The third-order valence-electron chi connectivity index (χ3n) is 7.59. The predicted molar refractivity (Wildman–Crippen MR) is 194 cm³/mol. The lowest BCUT2D eigenvalue weighted by Crippen LogP contribution is -2.40. The maximum atomic E-state index is 13.7. The van der Waals surface area contributed by atoms with Crippen molar-refractivity contribution in [1.82, 2.24) is 14.0 Å². The largest absolute Gasteiger partial charge is 0.459 e. The van der Waals surface area contributed by atoms with E-state index in [0.29, 0.717) is 22.2 Å². The van der Waals surface area contributed by atoms with Crippen molar-refractivity contribution in [2.24, 2.45) is 5.10 Å². The zero-order valence-corrected chi connectivity index (χ0v) is 30.1. The van der Waals surface area contributed by atoms with Crippen molar-refractivity contribution in [3.05, 3.63) is 154 Å². The first-order valence-corrected chi connectivity index (χ1v) is 19.1. The molecule has 1 amide bonds. The van der Waals surface area contributed by atoms with Gasteiger partial charge in [0.2, 0.25) is 20.0 Å². The van der Waals surface area contributed by atoms with E-state index in [1.165, 1.54) is 34.8 Å². The minimum atomic E-state index is -4.04. The van der Waals surface area contributed by atoms with Crippen LogP contribution in [0.15, 0.2) is 135 Å². The molecule has 1 aromatic heterocycles. The Labute approximate surface area is 302 Å². The van der Waals surface area contributed by atoms with Crippen molar-refractivity contribution >= 4 is 55.4 Å². The Morgan fingerprint density at radius 3 is 1.94 bits per heavy atom. The fourth-order valence-electron chi connectivity index (χ4n) is 4.90. The normalized spacial score (nSPS) is 12.2. The van der Waals surface area contributed by atoms with Crippen LogP contribution in [0.25, 0.3) is 0 Å². The van der Waals surface area contributed by atoms with Gasteiger partial charge in [-0.15, -0.1) is 0 Å². The molecule has 260 valence electrons. The van der Waals surface area contributed by atoms with Gasteiger partial charge in [-0.05, 0) is 85.1 Å². The van der Waals surface area contributed by atoms with Crippen LogP contribution in [0.5, 0.6) is 0 Å². The van der Waals surface area contributed by atoms with E-state index in [0.717, 1.165) is 21.0 Å². The number of hydrogen-bond donors (Lipinski definition) is 1. The molecule has 0 saturated heterocycles. The lowest BCUT2D eigenvalue weighted by Gasteiger charge is -2.21. The molecule has 4 aromatic carbocycles. The van der Waals surface area contributed by atoms with Crippen molar-refractivity contribution in [2.75, 3.05) is 13.1 Å². The zero-order chi connectivity index (χ0) is 35.7. The smallest absolute Gasteiger partial charge is 0.255 e. The van der Waals surface area contributed by atoms with Gasteiger partial charge in [-0.3, -0.25) is 4.79 Å². The number of furan rings is 1. The monoisotopic (exact) mass is 752 g/mol. The molecule has 14 heteroatoms. The number of amides is 1. The standard InChI is InChI=1S/C36H34Cl2N4O6S2/c1-27-7-17-34(18-8-27)50(46,47)42(24-29-9-11-30(37)12-10-29)25-33-16-15-32(48-33)23-39-40-36(43)26-41(22-21-28-5-3-2-4-6-28)49(44,45)35-19-13-31(38)14-20-35/h2-20,23H,21-22,24-26H2,1H3,(H,40,43)/b39-23-. The lowest BCUT2D eigenvalue weighted by molar-refractivity contribution is -0.121. The average molecular weight is 754 g/mol. The highest BCUT2D eigenvalue weighted by molar-refractivity contribution is 7.89. The minimum Gasteiger partial charge on any atom is -0.459 e. The number of halogens is 2. The summed E-state index contributed by atoms with van der Waals surface area (Å²) in [6, 6.07) is 31.8. The summed E-state index contributed by atoms with van der Waals surface area (Å²) in [4.78, 5) is 13.1. The Balaban J connectivity index is 1.27. The molecule has 0 bridgehead atoms. The number of hydrogen-bond acceptors (Lipinski definition) is 7. The molecular formula is C36H34Cl2N4O6S2. The van der Waals surface area contributed by atoms with Crippen LogP contribution in [0.1, 0.15) is 28.2 Å². The number of benzene rings is 4. The molecule has 0 aliphatic rings. The van der Waals surface area contributed by atoms with Gasteiger partial charge in [-0.25, -0.2) is 22.3 Å². The average Bonchev–Trinajstić information content (AvgIpc) is 3.55. The molecule has 0 spiro atoms. The molecule has 1 N–H and O–H groups in total. The van der Waals surface area contributed by atoms with Crippen molar-refractivity contribution in [3.63, 3.8) is 0 Å². The summed E-state index contributed by atoms with van der Waals surface area (Å²) in [6.45, 7) is 1.41. The molecule has 5 rings (SSSR count).